The number of hydrogen-bond donors (Lipinski definition) is 1. The van der Waals surface area contributed by atoms with Crippen molar-refractivity contribution >= 4 is 0 Å². The normalized spacial score (nSPS) is 10.7. The van der Waals surface area contributed by atoms with Crippen molar-refractivity contribution in [3.63, 3.8) is 0 Å². The number of H-pyrrole nitrogens is 1. The van der Waals surface area contributed by atoms with Gasteiger partial charge in [-0.25, -0.2) is 0 Å². The van der Waals surface area contributed by atoms with Gasteiger partial charge in [-0.05, 0) is 12.1 Å². The third kappa shape index (κ3) is 2.16. The lowest BCUT2D eigenvalue weighted by atomic mass is 10.1. The van der Waals surface area contributed by atoms with Gasteiger partial charge in [-0.3, -0.25) is 10.1 Å². The molecule has 6 heteroatoms. The van der Waals surface area contributed by atoms with E-state index in [0.717, 1.165) is 22.4 Å². The summed E-state index contributed by atoms with van der Waals surface area (Å²) >= 11 is 0. The first-order chi connectivity index (χ1) is 10.9. The van der Waals surface area contributed by atoms with E-state index in [1.54, 1.807) is 18.6 Å². The Labute approximate surface area is 125 Å². The second-order valence-electron chi connectivity index (χ2n) is 4.67. The number of rotatable bonds is 3. The second kappa shape index (κ2) is 5.25. The summed E-state index contributed by atoms with van der Waals surface area (Å²) in [6.07, 6.45) is 5.06. The summed E-state index contributed by atoms with van der Waals surface area (Å²) in [6, 6.07) is 13.5. The molecule has 0 amide bonds. The highest BCUT2D eigenvalue weighted by Gasteiger charge is 2.16. The second-order valence-corrected chi connectivity index (χ2v) is 4.67. The summed E-state index contributed by atoms with van der Waals surface area (Å²) in [6.45, 7) is 0. The Morgan fingerprint density at radius 3 is 2.41 bits per heavy atom. The van der Waals surface area contributed by atoms with Crippen molar-refractivity contribution in [2.24, 2.45) is 0 Å². The Hall–Kier alpha value is -3.28. The first-order valence-corrected chi connectivity index (χ1v) is 6.75. The number of nitrogens with zero attached hydrogens (tertiary/aromatic N) is 4. The fourth-order valence-corrected chi connectivity index (χ4v) is 2.22. The molecule has 1 aromatic carbocycles. The minimum Gasteiger partial charge on any atom is -0.416 e. The van der Waals surface area contributed by atoms with Gasteiger partial charge in [0.1, 0.15) is 0 Å². The molecule has 0 atom stereocenters. The molecule has 0 radical (unpaired) electrons. The van der Waals surface area contributed by atoms with E-state index in [9.17, 15) is 0 Å². The van der Waals surface area contributed by atoms with Gasteiger partial charge in [0.2, 0.25) is 5.89 Å². The molecule has 0 spiro atoms. The van der Waals surface area contributed by atoms with Crippen LogP contribution in [-0.2, 0) is 0 Å². The van der Waals surface area contributed by atoms with Crippen molar-refractivity contribution in [3.05, 3.63) is 61.1 Å². The van der Waals surface area contributed by atoms with Crippen molar-refractivity contribution in [2.45, 2.75) is 0 Å². The lowest BCUT2D eigenvalue weighted by molar-refractivity contribution is 0.584. The van der Waals surface area contributed by atoms with Crippen molar-refractivity contribution in [1.82, 2.24) is 25.4 Å². The summed E-state index contributed by atoms with van der Waals surface area (Å²) in [5.41, 5.74) is 3.47. The molecule has 0 unspecified atom stereocenters. The standard InChI is InChI=1S/C16H11N5O/c1-2-4-11(5-3-1)14-13(10-18-19-14)16-21-20-15(22-16)12-6-8-17-9-7-12/h1-10H,(H,18,19). The first kappa shape index (κ1) is 12.5. The van der Waals surface area contributed by atoms with Crippen molar-refractivity contribution < 1.29 is 4.42 Å². The zero-order valence-corrected chi connectivity index (χ0v) is 11.5. The lowest BCUT2D eigenvalue weighted by Crippen LogP contribution is -1.82. The molecule has 106 valence electrons. The molecule has 3 heterocycles. The van der Waals surface area contributed by atoms with Crippen LogP contribution in [-0.4, -0.2) is 25.4 Å². The number of aromatic nitrogens is 5. The number of aromatic amines is 1. The summed E-state index contributed by atoms with van der Waals surface area (Å²) in [7, 11) is 0. The van der Waals surface area contributed by atoms with Gasteiger partial charge in [0.05, 0.1) is 17.5 Å². The third-order valence-electron chi connectivity index (χ3n) is 3.28. The molecule has 3 aromatic heterocycles. The van der Waals surface area contributed by atoms with Crippen LogP contribution < -0.4 is 0 Å². The van der Waals surface area contributed by atoms with E-state index in [4.69, 9.17) is 4.42 Å². The fourth-order valence-electron chi connectivity index (χ4n) is 2.22. The van der Waals surface area contributed by atoms with Gasteiger partial charge in [0.15, 0.2) is 0 Å². The summed E-state index contributed by atoms with van der Waals surface area (Å²) in [4.78, 5) is 3.98. The molecule has 4 rings (SSSR count). The maximum absolute atomic E-state index is 5.77. The minimum atomic E-state index is 0.430. The van der Waals surface area contributed by atoms with Gasteiger partial charge in [0, 0.05) is 23.5 Å². The quantitative estimate of drug-likeness (QED) is 0.626. The molecule has 4 aromatic rings. The molecular formula is C16H11N5O. The van der Waals surface area contributed by atoms with Gasteiger partial charge in [-0.1, -0.05) is 30.3 Å². The van der Waals surface area contributed by atoms with Gasteiger partial charge >= 0.3 is 0 Å². The molecule has 0 aliphatic carbocycles. The molecule has 0 aliphatic heterocycles. The van der Waals surface area contributed by atoms with Crippen LogP contribution in [0.25, 0.3) is 34.2 Å². The third-order valence-corrected chi connectivity index (χ3v) is 3.28. The van der Waals surface area contributed by atoms with Crippen LogP contribution in [0, 0.1) is 0 Å². The summed E-state index contributed by atoms with van der Waals surface area (Å²) in [5.74, 6) is 0.886. The zero-order valence-electron chi connectivity index (χ0n) is 11.5. The highest BCUT2D eigenvalue weighted by molar-refractivity contribution is 5.76. The molecule has 0 fully saturated rings. The highest BCUT2D eigenvalue weighted by atomic mass is 16.4. The van der Waals surface area contributed by atoms with Crippen LogP contribution in [0.2, 0.25) is 0 Å². The van der Waals surface area contributed by atoms with Gasteiger partial charge in [0.25, 0.3) is 5.89 Å². The SMILES string of the molecule is c1ccc(-c2[nH]ncc2-c2nnc(-c3ccncc3)o2)cc1. The number of pyridine rings is 1. The average Bonchev–Trinajstić information content (AvgIpc) is 3.25. The first-order valence-electron chi connectivity index (χ1n) is 6.75. The molecule has 0 aliphatic rings. The monoisotopic (exact) mass is 289 g/mol. The largest absolute Gasteiger partial charge is 0.416 e. The smallest absolute Gasteiger partial charge is 0.251 e. The Morgan fingerprint density at radius 2 is 1.59 bits per heavy atom. The summed E-state index contributed by atoms with van der Waals surface area (Å²) in [5, 5.41) is 15.3. The van der Waals surface area contributed by atoms with Crippen LogP contribution >= 0.6 is 0 Å². The molecule has 22 heavy (non-hydrogen) atoms. The Bertz CT molecular complexity index is 883. The number of hydrogen-bond acceptors (Lipinski definition) is 5. The van der Waals surface area contributed by atoms with Crippen LogP contribution in [0.15, 0.2) is 65.5 Å². The van der Waals surface area contributed by atoms with E-state index < -0.39 is 0 Å². The van der Waals surface area contributed by atoms with E-state index >= 15 is 0 Å². The van der Waals surface area contributed by atoms with Crippen molar-refractivity contribution in [1.29, 1.82) is 0 Å². The van der Waals surface area contributed by atoms with Gasteiger partial charge in [-0.2, -0.15) is 5.10 Å². The topological polar surface area (TPSA) is 80.5 Å². The highest BCUT2D eigenvalue weighted by Crippen LogP contribution is 2.30. The Kier molecular flexibility index (Phi) is 2.97. The Morgan fingerprint density at radius 1 is 0.818 bits per heavy atom. The van der Waals surface area contributed by atoms with Gasteiger partial charge < -0.3 is 4.42 Å². The molecule has 0 saturated carbocycles. The van der Waals surface area contributed by atoms with E-state index in [2.05, 4.69) is 25.4 Å². The van der Waals surface area contributed by atoms with E-state index in [0.29, 0.717) is 11.8 Å². The number of nitrogens with one attached hydrogen (secondary N) is 1. The molecule has 6 nitrogen and oxygen atoms in total. The van der Waals surface area contributed by atoms with E-state index in [1.165, 1.54) is 0 Å². The zero-order chi connectivity index (χ0) is 14.8. The maximum Gasteiger partial charge on any atom is 0.251 e. The van der Waals surface area contributed by atoms with Gasteiger partial charge in [-0.15, -0.1) is 10.2 Å². The molecule has 0 bridgehead atoms. The van der Waals surface area contributed by atoms with Crippen LogP contribution in [0.3, 0.4) is 0 Å². The Balaban J connectivity index is 1.76. The molecular weight excluding hydrogens is 278 g/mol. The average molecular weight is 289 g/mol. The maximum atomic E-state index is 5.77. The minimum absolute atomic E-state index is 0.430. The summed E-state index contributed by atoms with van der Waals surface area (Å²) < 4.78 is 5.77. The van der Waals surface area contributed by atoms with E-state index in [1.807, 2.05) is 42.5 Å². The predicted octanol–water partition coefficient (Wildman–Crippen LogP) is 3.19. The fraction of sp³-hybridized carbons (Fsp3) is 0. The van der Waals surface area contributed by atoms with Crippen molar-refractivity contribution in [2.75, 3.05) is 0 Å². The van der Waals surface area contributed by atoms with Crippen LogP contribution in [0.4, 0.5) is 0 Å². The lowest BCUT2D eigenvalue weighted by Gasteiger charge is -1.99. The van der Waals surface area contributed by atoms with Crippen LogP contribution in [0.5, 0.6) is 0 Å². The predicted molar refractivity (Wildman–Crippen MR) is 80.5 cm³/mol. The number of benzene rings is 1. The van der Waals surface area contributed by atoms with Crippen molar-refractivity contribution in [3.8, 4) is 34.2 Å². The van der Waals surface area contributed by atoms with Crippen LogP contribution in [0.1, 0.15) is 0 Å². The van der Waals surface area contributed by atoms with E-state index in [-0.39, 0.29) is 0 Å². The molecule has 0 saturated heterocycles. The molecule has 1 N–H and O–H groups in total.